The minimum atomic E-state index is -4.77. The molecule has 13 heteroatoms. The van der Waals surface area contributed by atoms with Crippen LogP contribution in [0.5, 0.6) is 0 Å². The van der Waals surface area contributed by atoms with Crippen LogP contribution in [-0.2, 0) is 16.2 Å². The number of carbonyl (C=O) groups excluding carboxylic acids is 1. The number of nitrogens with two attached hydrogens (primary N) is 1. The van der Waals surface area contributed by atoms with E-state index in [0.717, 1.165) is 12.8 Å². The highest BCUT2D eigenvalue weighted by Gasteiger charge is 2.37. The highest BCUT2D eigenvalue weighted by Crippen LogP contribution is 2.33. The second kappa shape index (κ2) is 7.02. The van der Waals surface area contributed by atoms with Crippen LogP contribution in [0, 0.1) is 0 Å². The lowest BCUT2D eigenvalue weighted by atomic mass is 10.1. The average molecular weight is 440 g/mol. The number of hydrogen-bond donors (Lipinski definition) is 2. The maximum atomic E-state index is 13.3. The molecule has 0 aliphatic heterocycles. The number of halogens is 3. The van der Waals surface area contributed by atoms with E-state index in [0.29, 0.717) is 0 Å². The molecule has 9 nitrogen and oxygen atoms in total. The summed E-state index contributed by atoms with van der Waals surface area (Å²) in [5.41, 5.74) is 0.361. The van der Waals surface area contributed by atoms with Crippen molar-refractivity contribution in [3.05, 3.63) is 42.0 Å². The maximum absolute atomic E-state index is 13.3. The van der Waals surface area contributed by atoms with Crippen molar-refractivity contribution >= 4 is 32.8 Å². The number of Topliss-reactive ketones (excluding diaryl/α,β-unsaturated/α-hetero) is 1. The number of rotatable bonds is 6. The van der Waals surface area contributed by atoms with Crippen molar-refractivity contribution in [1.82, 2.24) is 19.5 Å². The number of nitrogens with one attached hydrogen (secondary N) is 1. The molecular formula is C17H15F3N6O3S. The molecule has 0 radical (unpaired) electrons. The lowest BCUT2D eigenvalue weighted by Crippen LogP contribution is -2.23. The molecule has 2 heterocycles. The topological polar surface area (TPSA) is 133 Å². The molecule has 3 aromatic rings. The van der Waals surface area contributed by atoms with Gasteiger partial charge in [-0.3, -0.25) is 9.36 Å². The van der Waals surface area contributed by atoms with Gasteiger partial charge in [-0.1, -0.05) is 12.1 Å². The predicted molar refractivity (Wildman–Crippen MR) is 101 cm³/mol. The van der Waals surface area contributed by atoms with E-state index in [1.165, 1.54) is 35.2 Å². The molecule has 1 fully saturated rings. The summed E-state index contributed by atoms with van der Waals surface area (Å²) in [4.78, 5) is 23.5. The second-order valence-electron chi connectivity index (χ2n) is 6.88. The van der Waals surface area contributed by atoms with Crippen LogP contribution in [0.2, 0.25) is 0 Å². The van der Waals surface area contributed by atoms with E-state index in [9.17, 15) is 26.4 Å². The molecule has 4 rings (SSSR count). The molecule has 3 N–H and O–H groups in total. The molecule has 1 saturated carbocycles. The molecule has 0 spiro atoms. The molecule has 0 bridgehead atoms. The van der Waals surface area contributed by atoms with Gasteiger partial charge in [-0.2, -0.15) is 13.2 Å². The molecule has 0 saturated heterocycles. The summed E-state index contributed by atoms with van der Waals surface area (Å²) < 4.78 is 63.6. The second-order valence-corrected chi connectivity index (χ2v) is 8.49. The first-order valence-electron chi connectivity index (χ1n) is 8.74. The van der Waals surface area contributed by atoms with Crippen molar-refractivity contribution in [2.24, 2.45) is 5.14 Å². The third-order valence-electron chi connectivity index (χ3n) is 4.35. The Morgan fingerprint density at radius 2 is 2.00 bits per heavy atom. The normalized spacial score (nSPS) is 14.8. The number of fused-ring (bicyclic) bond motifs is 1. The van der Waals surface area contributed by atoms with Gasteiger partial charge in [-0.25, -0.2) is 28.5 Å². The number of alkyl halides is 3. The quantitative estimate of drug-likeness (QED) is 0.559. The van der Waals surface area contributed by atoms with Crippen LogP contribution in [0.25, 0.3) is 16.9 Å². The van der Waals surface area contributed by atoms with Gasteiger partial charge in [0.25, 0.3) is 0 Å². The molecule has 0 atom stereocenters. The van der Waals surface area contributed by atoms with Crippen molar-refractivity contribution < 1.29 is 26.4 Å². The Kier molecular flexibility index (Phi) is 4.73. The van der Waals surface area contributed by atoms with Gasteiger partial charge >= 0.3 is 6.18 Å². The molecular weight excluding hydrogens is 425 g/mol. The van der Waals surface area contributed by atoms with Crippen LogP contribution >= 0.6 is 0 Å². The average Bonchev–Trinajstić information content (AvgIpc) is 3.35. The summed E-state index contributed by atoms with van der Waals surface area (Å²) in [5, 5.41) is 7.84. The van der Waals surface area contributed by atoms with Gasteiger partial charge in [0.15, 0.2) is 22.8 Å². The lowest BCUT2D eigenvalue weighted by Gasteiger charge is -2.11. The number of imidazole rings is 1. The Hall–Kier alpha value is -3.06. The molecule has 1 aliphatic rings. The standard InChI is InChI=1S/C17H15F3N6O3S/c18-17(19,20)16-24-14(23-10-4-5-10)13-15(25-16)26(8-22-13)11-3-1-2-9(6-11)12(27)7-30(21,28)29/h1-3,6,8,10H,4-5,7H2,(H2,21,28,29)(H,23,24,25). The first kappa shape index (κ1) is 20.2. The van der Waals surface area contributed by atoms with Gasteiger partial charge in [-0.05, 0) is 25.0 Å². The highest BCUT2D eigenvalue weighted by atomic mass is 32.2. The molecule has 30 heavy (non-hydrogen) atoms. The van der Waals surface area contributed by atoms with Crippen LogP contribution in [-0.4, -0.2) is 45.5 Å². The summed E-state index contributed by atoms with van der Waals surface area (Å²) >= 11 is 0. The number of sulfonamides is 1. The van der Waals surface area contributed by atoms with E-state index in [1.54, 1.807) is 0 Å². The number of ketones is 1. The van der Waals surface area contributed by atoms with E-state index in [4.69, 9.17) is 5.14 Å². The van der Waals surface area contributed by atoms with Gasteiger partial charge in [0.2, 0.25) is 15.8 Å². The van der Waals surface area contributed by atoms with E-state index >= 15 is 0 Å². The van der Waals surface area contributed by atoms with E-state index in [1.807, 2.05) is 0 Å². The first-order valence-corrected chi connectivity index (χ1v) is 10.5. The number of benzene rings is 1. The molecule has 1 aromatic carbocycles. The van der Waals surface area contributed by atoms with Crippen molar-refractivity contribution in [3.8, 4) is 5.69 Å². The monoisotopic (exact) mass is 440 g/mol. The van der Waals surface area contributed by atoms with Crippen molar-refractivity contribution in [2.75, 3.05) is 11.1 Å². The molecule has 0 amide bonds. The third-order valence-corrected chi connectivity index (χ3v) is 5.01. The first-order chi connectivity index (χ1) is 14.0. The van der Waals surface area contributed by atoms with E-state index in [2.05, 4.69) is 20.3 Å². The fourth-order valence-electron chi connectivity index (χ4n) is 2.83. The zero-order valence-electron chi connectivity index (χ0n) is 15.2. The Bertz CT molecular complexity index is 1250. The van der Waals surface area contributed by atoms with Gasteiger partial charge in [-0.15, -0.1) is 0 Å². The van der Waals surface area contributed by atoms with Crippen molar-refractivity contribution in [1.29, 1.82) is 0 Å². The lowest BCUT2D eigenvalue weighted by molar-refractivity contribution is -0.144. The smallest absolute Gasteiger partial charge is 0.365 e. The summed E-state index contributed by atoms with van der Waals surface area (Å²) in [6.07, 6.45) is -1.86. The summed E-state index contributed by atoms with van der Waals surface area (Å²) in [5.74, 6) is -2.97. The van der Waals surface area contributed by atoms with Crippen molar-refractivity contribution in [2.45, 2.75) is 25.1 Å². The molecule has 2 aromatic heterocycles. The summed E-state index contributed by atoms with van der Waals surface area (Å²) in [6.45, 7) is 0. The van der Waals surface area contributed by atoms with Gasteiger partial charge < -0.3 is 5.32 Å². The fraction of sp³-hybridized carbons (Fsp3) is 0.294. The SMILES string of the molecule is NS(=O)(=O)CC(=O)c1cccc(-n2cnc3c(NC4CC4)nc(C(F)(F)F)nc32)c1. The Balaban J connectivity index is 1.81. The van der Waals surface area contributed by atoms with Crippen LogP contribution < -0.4 is 10.5 Å². The highest BCUT2D eigenvalue weighted by molar-refractivity contribution is 7.89. The fourth-order valence-corrected chi connectivity index (χ4v) is 3.36. The van der Waals surface area contributed by atoms with Gasteiger partial charge in [0.1, 0.15) is 12.1 Å². The number of nitrogens with zero attached hydrogens (tertiary/aromatic N) is 4. The maximum Gasteiger partial charge on any atom is 0.451 e. The van der Waals surface area contributed by atoms with Crippen molar-refractivity contribution in [3.63, 3.8) is 0 Å². The minimum Gasteiger partial charge on any atom is -0.365 e. The number of hydrogen-bond acceptors (Lipinski definition) is 7. The van der Waals surface area contributed by atoms with E-state index in [-0.39, 0.29) is 34.3 Å². The molecule has 158 valence electrons. The van der Waals surface area contributed by atoms with Gasteiger partial charge in [0, 0.05) is 17.3 Å². The predicted octanol–water partition coefficient (Wildman–Crippen LogP) is 1.88. The van der Waals surface area contributed by atoms with Crippen LogP contribution in [0.3, 0.4) is 0 Å². The summed E-state index contributed by atoms with van der Waals surface area (Å²) in [7, 11) is -4.03. The van der Waals surface area contributed by atoms with Gasteiger partial charge in [0.05, 0.1) is 0 Å². The van der Waals surface area contributed by atoms with Crippen LogP contribution in [0.1, 0.15) is 29.0 Å². The molecule has 0 unspecified atom stereocenters. The summed E-state index contributed by atoms with van der Waals surface area (Å²) in [6, 6.07) is 5.74. The Labute approximate surface area is 168 Å². The van der Waals surface area contributed by atoms with Crippen LogP contribution in [0.15, 0.2) is 30.6 Å². The zero-order valence-corrected chi connectivity index (χ0v) is 16.0. The minimum absolute atomic E-state index is 0.0185. The zero-order chi connectivity index (χ0) is 21.7. The molecule has 1 aliphatic carbocycles. The Morgan fingerprint density at radius 1 is 1.27 bits per heavy atom. The third kappa shape index (κ3) is 4.26. The van der Waals surface area contributed by atoms with E-state index < -0.39 is 33.6 Å². The van der Waals surface area contributed by atoms with Crippen LogP contribution in [0.4, 0.5) is 19.0 Å². The Morgan fingerprint density at radius 3 is 2.63 bits per heavy atom. The largest absolute Gasteiger partial charge is 0.451 e. The number of primary sulfonamides is 1. The number of carbonyl (C=O) groups is 1. The number of aromatic nitrogens is 4. The number of anilines is 1.